The van der Waals surface area contributed by atoms with E-state index in [1.165, 1.54) is 16.6 Å². The lowest BCUT2D eigenvalue weighted by Crippen LogP contribution is -2.25. The average Bonchev–Trinajstić information content (AvgIpc) is 2.65. The number of nitrogens with two attached hydrogens (primary N) is 1. The summed E-state index contributed by atoms with van der Waals surface area (Å²) < 4.78 is 2.16. The van der Waals surface area contributed by atoms with E-state index < -0.39 is 0 Å². The van der Waals surface area contributed by atoms with Gasteiger partial charge in [-0.15, -0.1) is 0 Å². The van der Waals surface area contributed by atoms with Gasteiger partial charge in [-0.2, -0.15) is 0 Å². The van der Waals surface area contributed by atoms with Crippen LogP contribution >= 0.6 is 0 Å². The summed E-state index contributed by atoms with van der Waals surface area (Å²) in [5.41, 5.74) is 8.34. The van der Waals surface area contributed by atoms with E-state index >= 15 is 0 Å². The molecule has 0 radical (unpaired) electrons. The van der Waals surface area contributed by atoms with Gasteiger partial charge in [-0.05, 0) is 24.4 Å². The van der Waals surface area contributed by atoms with Crippen molar-refractivity contribution in [1.82, 2.24) is 4.57 Å². The highest BCUT2D eigenvalue weighted by molar-refractivity contribution is 5.92. The van der Waals surface area contributed by atoms with Gasteiger partial charge in [0.2, 0.25) is 0 Å². The van der Waals surface area contributed by atoms with Gasteiger partial charge in [0, 0.05) is 30.7 Å². The Hall–Kier alpha value is -1.48. The summed E-state index contributed by atoms with van der Waals surface area (Å²) in [5, 5.41) is 4.84. The Kier molecular flexibility index (Phi) is 3.62. The Labute approximate surface area is 109 Å². The predicted molar refractivity (Wildman–Crippen MR) is 78.9 cm³/mol. The van der Waals surface area contributed by atoms with Crippen LogP contribution in [-0.4, -0.2) is 17.7 Å². The predicted octanol–water partition coefficient (Wildman–Crippen LogP) is 2.97. The van der Waals surface area contributed by atoms with E-state index in [4.69, 9.17) is 5.73 Å². The average molecular weight is 245 g/mol. The molecule has 0 aliphatic heterocycles. The highest BCUT2D eigenvalue weighted by Crippen LogP contribution is 2.27. The number of benzene rings is 1. The zero-order valence-corrected chi connectivity index (χ0v) is 11.5. The van der Waals surface area contributed by atoms with E-state index in [0.29, 0.717) is 0 Å². The fourth-order valence-electron chi connectivity index (χ4n) is 2.30. The molecular formula is C15H23N3. The summed E-state index contributed by atoms with van der Waals surface area (Å²) in [7, 11) is 2.08. The van der Waals surface area contributed by atoms with Gasteiger partial charge in [-0.3, -0.25) is 0 Å². The topological polar surface area (TPSA) is 43.0 Å². The minimum absolute atomic E-state index is 0.228. The van der Waals surface area contributed by atoms with Crippen LogP contribution in [0.4, 0.5) is 5.69 Å². The number of nitrogens with zero attached hydrogens (tertiary/aromatic N) is 1. The maximum absolute atomic E-state index is 5.65. The zero-order valence-electron chi connectivity index (χ0n) is 11.5. The summed E-state index contributed by atoms with van der Waals surface area (Å²) >= 11 is 0. The molecule has 0 aliphatic carbocycles. The van der Waals surface area contributed by atoms with Crippen molar-refractivity contribution in [1.29, 1.82) is 0 Å². The number of fused-ring (bicyclic) bond motifs is 1. The molecule has 98 valence electrons. The SMILES string of the molecule is Cn1cc(NCC(C)(C)CCN)c2ccccc21. The van der Waals surface area contributed by atoms with E-state index in [2.05, 4.69) is 61.2 Å². The van der Waals surface area contributed by atoms with Crippen LogP contribution in [-0.2, 0) is 7.05 Å². The van der Waals surface area contributed by atoms with E-state index in [9.17, 15) is 0 Å². The van der Waals surface area contributed by atoms with Crippen molar-refractivity contribution in [2.24, 2.45) is 18.2 Å². The van der Waals surface area contributed by atoms with E-state index in [1.54, 1.807) is 0 Å². The molecule has 3 N–H and O–H groups in total. The molecule has 0 atom stereocenters. The molecule has 0 unspecified atom stereocenters. The number of aromatic nitrogens is 1. The fraction of sp³-hybridized carbons (Fsp3) is 0.467. The first-order chi connectivity index (χ1) is 8.53. The molecule has 18 heavy (non-hydrogen) atoms. The van der Waals surface area contributed by atoms with E-state index in [-0.39, 0.29) is 5.41 Å². The second kappa shape index (κ2) is 5.02. The number of hydrogen-bond donors (Lipinski definition) is 2. The minimum atomic E-state index is 0.228. The molecule has 0 bridgehead atoms. The van der Waals surface area contributed by atoms with Gasteiger partial charge in [0.05, 0.1) is 5.69 Å². The summed E-state index contributed by atoms with van der Waals surface area (Å²) in [6.07, 6.45) is 3.19. The number of rotatable bonds is 5. The molecule has 3 heteroatoms. The summed E-state index contributed by atoms with van der Waals surface area (Å²) in [4.78, 5) is 0. The van der Waals surface area contributed by atoms with Crippen LogP contribution in [0.1, 0.15) is 20.3 Å². The lowest BCUT2D eigenvalue weighted by Gasteiger charge is -2.24. The first-order valence-corrected chi connectivity index (χ1v) is 6.51. The van der Waals surface area contributed by atoms with Gasteiger partial charge >= 0.3 is 0 Å². The number of anilines is 1. The molecule has 1 aromatic heterocycles. The van der Waals surface area contributed by atoms with Crippen molar-refractivity contribution in [2.75, 3.05) is 18.4 Å². The first kappa shape index (κ1) is 13.0. The minimum Gasteiger partial charge on any atom is -0.383 e. The third-order valence-electron chi connectivity index (χ3n) is 3.48. The lowest BCUT2D eigenvalue weighted by atomic mass is 9.89. The van der Waals surface area contributed by atoms with Gasteiger partial charge in [0.25, 0.3) is 0 Å². The maximum Gasteiger partial charge on any atom is 0.0600 e. The normalized spacial score (nSPS) is 12.0. The molecule has 0 aliphatic rings. The fourth-order valence-corrected chi connectivity index (χ4v) is 2.30. The van der Waals surface area contributed by atoms with E-state index in [0.717, 1.165) is 19.5 Å². The summed E-state index contributed by atoms with van der Waals surface area (Å²) in [6, 6.07) is 8.46. The maximum atomic E-state index is 5.65. The van der Waals surface area contributed by atoms with Crippen LogP contribution in [0, 0.1) is 5.41 Å². The number of nitrogens with one attached hydrogen (secondary N) is 1. The van der Waals surface area contributed by atoms with E-state index in [1.807, 2.05) is 0 Å². The smallest absolute Gasteiger partial charge is 0.0600 e. The molecule has 1 aromatic carbocycles. The quantitative estimate of drug-likeness (QED) is 0.850. The molecule has 2 rings (SSSR count). The van der Waals surface area contributed by atoms with Crippen molar-refractivity contribution in [2.45, 2.75) is 20.3 Å². The number of hydrogen-bond acceptors (Lipinski definition) is 2. The Bertz CT molecular complexity index is 526. The summed E-state index contributed by atoms with van der Waals surface area (Å²) in [6.45, 7) is 6.18. The van der Waals surface area contributed by atoms with Crippen LogP contribution in [0.25, 0.3) is 10.9 Å². The highest BCUT2D eigenvalue weighted by atomic mass is 15.0. The van der Waals surface area contributed by atoms with Crippen LogP contribution < -0.4 is 11.1 Å². The molecule has 2 aromatic rings. The van der Waals surface area contributed by atoms with Crippen molar-refractivity contribution < 1.29 is 0 Å². The van der Waals surface area contributed by atoms with Crippen LogP contribution in [0.3, 0.4) is 0 Å². The van der Waals surface area contributed by atoms with Crippen LogP contribution in [0.5, 0.6) is 0 Å². The molecular weight excluding hydrogens is 222 g/mol. The Balaban J connectivity index is 2.17. The van der Waals surface area contributed by atoms with Gasteiger partial charge in [-0.25, -0.2) is 0 Å². The second-order valence-corrected chi connectivity index (χ2v) is 5.73. The Morgan fingerprint density at radius 2 is 2.00 bits per heavy atom. The molecule has 0 spiro atoms. The van der Waals surface area contributed by atoms with Crippen LogP contribution in [0.15, 0.2) is 30.5 Å². The second-order valence-electron chi connectivity index (χ2n) is 5.73. The van der Waals surface area contributed by atoms with Crippen molar-refractivity contribution in [3.05, 3.63) is 30.5 Å². The van der Waals surface area contributed by atoms with Crippen molar-refractivity contribution >= 4 is 16.6 Å². The number of aryl methyl sites for hydroxylation is 1. The van der Waals surface area contributed by atoms with Crippen LogP contribution in [0.2, 0.25) is 0 Å². The molecule has 0 saturated heterocycles. The summed E-state index contributed by atoms with van der Waals surface area (Å²) in [5.74, 6) is 0. The molecule has 1 heterocycles. The molecule has 0 saturated carbocycles. The van der Waals surface area contributed by atoms with Crippen molar-refractivity contribution in [3.63, 3.8) is 0 Å². The lowest BCUT2D eigenvalue weighted by molar-refractivity contribution is 0.365. The van der Waals surface area contributed by atoms with Gasteiger partial charge in [0.15, 0.2) is 0 Å². The largest absolute Gasteiger partial charge is 0.383 e. The third kappa shape index (κ3) is 2.67. The van der Waals surface area contributed by atoms with Gasteiger partial charge < -0.3 is 15.6 Å². The molecule has 0 fully saturated rings. The monoisotopic (exact) mass is 245 g/mol. The Morgan fingerprint density at radius 3 is 2.72 bits per heavy atom. The zero-order chi connectivity index (χ0) is 13.2. The van der Waals surface area contributed by atoms with Gasteiger partial charge in [0.1, 0.15) is 0 Å². The van der Waals surface area contributed by atoms with Gasteiger partial charge in [-0.1, -0.05) is 32.0 Å². The standard InChI is InChI=1S/C15H23N3/c1-15(2,8-9-16)11-17-13-10-18(3)14-7-5-4-6-12(13)14/h4-7,10,17H,8-9,11,16H2,1-3H3. The molecule has 3 nitrogen and oxygen atoms in total. The highest BCUT2D eigenvalue weighted by Gasteiger charge is 2.17. The molecule has 0 amide bonds. The third-order valence-corrected chi connectivity index (χ3v) is 3.48. The van der Waals surface area contributed by atoms with Crippen molar-refractivity contribution in [3.8, 4) is 0 Å². The Morgan fingerprint density at radius 1 is 1.28 bits per heavy atom. The first-order valence-electron chi connectivity index (χ1n) is 6.51. The number of para-hydroxylation sites is 1.